The van der Waals surface area contributed by atoms with Crippen molar-refractivity contribution in [2.45, 2.75) is 13.5 Å². The van der Waals surface area contributed by atoms with Crippen LogP contribution in [0.5, 0.6) is 5.75 Å². The molecule has 1 aromatic carbocycles. The molecule has 0 bridgehead atoms. The van der Waals surface area contributed by atoms with Gasteiger partial charge in [-0.15, -0.1) is 0 Å². The van der Waals surface area contributed by atoms with E-state index >= 15 is 0 Å². The third kappa shape index (κ3) is 1.08. The molecule has 0 amide bonds. The third-order valence-electron chi connectivity index (χ3n) is 1.83. The number of hydrogen-bond donors (Lipinski definition) is 0. The second-order valence-corrected chi connectivity index (χ2v) is 2.72. The Bertz CT molecular complexity index is 331. The van der Waals surface area contributed by atoms with Crippen molar-refractivity contribution in [2.75, 3.05) is 0 Å². The number of benzene rings is 1. The number of Topliss-reactive ketones (excluding diaryl/α,β-unsaturated/α-hetero) is 1. The maximum Gasteiger partial charge on any atom is 0.171 e. The number of carbonyl (C=O) groups excluding carboxylic acids is 1. The van der Waals surface area contributed by atoms with Crippen molar-refractivity contribution in [3.05, 3.63) is 29.3 Å². The van der Waals surface area contributed by atoms with Crippen molar-refractivity contribution >= 4 is 5.78 Å². The van der Waals surface area contributed by atoms with Gasteiger partial charge in [0, 0.05) is 11.1 Å². The van der Waals surface area contributed by atoms with E-state index in [1.54, 1.807) is 25.1 Å². The first-order valence-electron chi connectivity index (χ1n) is 3.71. The Hall–Kier alpha value is -1.35. The van der Waals surface area contributed by atoms with Crippen LogP contribution in [0.2, 0.25) is 0 Å². The molecule has 0 radical (unpaired) electrons. The van der Waals surface area contributed by atoms with Crippen LogP contribution in [0.4, 0.5) is 0 Å². The smallest absolute Gasteiger partial charge is 0.171 e. The van der Waals surface area contributed by atoms with Crippen LogP contribution in [0, 0.1) is 0 Å². The quantitative estimate of drug-likeness (QED) is 0.468. The molecule has 0 fully saturated rings. The van der Waals surface area contributed by atoms with Crippen molar-refractivity contribution in [2.24, 2.45) is 0 Å². The monoisotopic (exact) mass is 164 g/mol. The highest BCUT2D eigenvalue weighted by Gasteiger charge is 2.14. The summed E-state index contributed by atoms with van der Waals surface area (Å²) in [5, 5.41) is 0. The first kappa shape index (κ1) is 7.31. The van der Waals surface area contributed by atoms with Gasteiger partial charge in [-0.2, -0.15) is 4.89 Å². The van der Waals surface area contributed by atoms with E-state index in [9.17, 15) is 4.79 Å². The lowest BCUT2D eigenvalue weighted by Crippen LogP contribution is -1.92. The Morgan fingerprint density at radius 1 is 1.50 bits per heavy atom. The van der Waals surface area contributed by atoms with E-state index in [4.69, 9.17) is 9.78 Å². The van der Waals surface area contributed by atoms with E-state index in [0.29, 0.717) is 17.9 Å². The van der Waals surface area contributed by atoms with Crippen LogP contribution in [0.15, 0.2) is 18.2 Å². The Kier molecular flexibility index (Phi) is 1.59. The minimum Gasteiger partial charge on any atom is -0.337 e. The predicted octanol–water partition coefficient (Wildman–Crippen LogP) is 1.71. The maximum atomic E-state index is 11.0. The predicted molar refractivity (Wildman–Crippen MR) is 41.9 cm³/mol. The number of ketones is 1. The number of rotatable bonds is 1. The second kappa shape index (κ2) is 2.60. The summed E-state index contributed by atoms with van der Waals surface area (Å²) >= 11 is 0. The topological polar surface area (TPSA) is 35.5 Å². The molecule has 0 unspecified atom stereocenters. The van der Waals surface area contributed by atoms with Gasteiger partial charge in [-0.1, -0.05) is 0 Å². The molecule has 0 saturated carbocycles. The summed E-state index contributed by atoms with van der Waals surface area (Å²) in [6, 6.07) is 5.28. The van der Waals surface area contributed by atoms with Gasteiger partial charge in [0.2, 0.25) is 0 Å². The molecule has 1 aliphatic rings. The minimum absolute atomic E-state index is 0.0599. The lowest BCUT2D eigenvalue weighted by atomic mass is 10.1. The molecule has 62 valence electrons. The van der Waals surface area contributed by atoms with E-state index in [0.717, 1.165) is 5.56 Å². The number of hydrogen-bond acceptors (Lipinski definition) is 3. The van der Waals surface area contributed by atoms with Gasteiger partial charge >= 0.3 is 0 Å². The second-order valence-electron chi connectivity index (χ2n) is 2.72. The molecule has 0 aliphatic carbocycles. The van der Waals surface area contributed by atoms with E-state index < -0.39 is 0 Å². The first-order chi connectivity index (χ1) is 5.77. The molecule has 1 heterocycles. The Morgan fingerprint density at radius 2 is 2.33 bits per heavy atom. The number of fused-ring (bicyclic) bond motifs is 1. The Labute approximate surface area is 69.8 Å². The van der Waals surface area contributed by atoms with E-state index in [2.05, 4.69) is 0 Å². The summed E-state index contributed by atoms with van der Waals surface area (Å²) in [6.45, 7) is 1.97. The molecule has 12 heavy (non-hydrogen) atoms. The molecule has 3 nitrogen and oxygen atoms in total. The fourth-order valence-electron chi connectivity index (χ4n) is 1.15. The van der Waals surface area contributed by atoms with Gasteiger partial charge in [0.1, 0.15) is 6.61 Å². The number of carbonyl (C=O) groups is 1. The molecule has 0 spiro atoms. The van der Waals surface area contributed by atoms with E-state index in [1.807, 2.05) is 0 Å². The van der Waals surface area contributed by atoms with Crippen LogP contribution < -0.4 is 4.89 Å². The van der Waals surface area contributed by atoms with Crippen LogP contribution in [0.1, 0.15) is 22.8 Å². The van der Waals surface area contributed by atoms with E-state index in [1.165, 1.54) is 0 Å². The largest absolute Gasteiger partial charge is 0.337 e. The average Bonchev–Trinajstić information content (AvgIpc) is 2.49. The summed E-state index contributed by atoms with van der Waals surface area (Å²) in [7, 11) is 0. The van der Waals surface area contributed by atoms with Gasteiger partial charge in [0.05, 0.1) is 0 Å². The fourth-order valence-corrected chi connectivity index (χ4v) is 1.15. The lowest BCUT2D eigenvalue weighted by Gasteiger charge is -1.96. The van der Waals surface area contributed by atoms with Gasteiger partial charge in [-0.25, -0.2) is 0 Å². The molecule has 0 N–H and O–H groups in total. The van der Waals surface area contributed by atoms with Crippen LogP contribution in [0.25, 0.3) is 0 Å². The van der Waals surface area contributed by atoms with Gasteiger partial charge in [-0.3, -0.25) is 4.79 Å². The third-order valence-corrected chi connectivity index (χ3v) is 1.83. The standard InChI is InChI=1S/C9H8O3/c1-6(10)7-2-3-9-8(4-7)5-11-12-9/h2-4H,5H2,1H3. The van der Waals surface area contributed by atoms with Crippen LogP contribution in [0.3, 0.4) is 0 Å². The van der Waals surface area contributed by atoms with Gasteiger partial charge in [0.15, 0.2) is 11.5 Å². The fraction of sp³-hybridized carbons (Fsp3) is 0.222. The van der Waals surface area contributed by atoms with Gasteiger partial charge in [-0.05, 0) is 25.1 Å². The summed E-state index contributed by atoms with van der Waals surface area (Å²) < 4.78 is 0. The molecule has 0 saturated heterocycles. The molecule has 0 aromatic heterocycles. The lowest BCUT2D eigenvalue weighted by molar-refractivity contribution is -0.194. The Balaban J connectivity index is 2.45. The van der Waals surface area contributed by atoms with Crippen molar-refractivity contribution in [1.82, 2.24) is 0 Å². The highest BCUT2D eigenvalue weighted by molar-refractivity contribution is 5.94. The highest BCUT2D eigenvalue weighted by atomic mass is 17.2. The zero-order chi connectivity index (χ0) is 8.55. The van der Waals surface area contributed by atoms with E-state index in [-0.39, 0.29) is 5.78 Å². The average molecular weight is 164 g/mol. The van der Waals surface area contributed by atoms with Gasteiger partial charge in [0.25, 0.3) is 0 Å². The summed E-state index contributed by atoms with van der Waals surface area (Å²) in [5.41, 5.74) is 1.63. The molecule has 2 rings (SSSR count). The van der Waals surface area contributed by atoms with Crippen LogP contribution >= 0.6 is 0 Å². The van der Waals surface area contributed by atoms with Gasteiger partial charge < -0.3 is 4.89 Å². The van der Waals surface area contributed by atoms with Crippen LogP contribution in [-0.4, -0.2) is 5.78 Å². The minimum atomic E-state index is 0.0599. The van der Waals surface area contributed by atoms with Crippen LogP contribution in [-0.2, 0) is 11.5 Å². The molecular weight excluding hydrogens is 156 g/mol. The normalized spacial score (nSPS) is 13.8. The van der Waals surface area contributed by atoms with Crippen molar-refractivity contribution < 1.29 is 14.6 Å². The first-order valence-corrected chi connectivity index (χ1v) is 3.71. The summed E-state index contributed by atoms with van der Waals surface area (Å²) in [6.07, 6.45) is 0. The maximum absolute atomic E-state index is 11.0. The zero-order valence-corrected chi connectivity index (χ0v) is 6.66. The van der Waals surface area contributed by atoms with Crippen molar-refractivity contribution in [3.8, 4) is 5.75 Å². The molecule has 0 atom stereocenters. The SMILES string of the molecule is CC(=O)c1ccc2c(c1)COO2. The molecule has 3 heteroatoms. The molecule has 1 aliphatic heterocycles. The Morgan fingerprint density at radius 3 is 3.08 bits per heavy atom. The van der Waals surface area contributed by atoms with Crippen molar-refractivity contribution in [3.63, 3.8) is 0 Å². The molecule has 1 aromatic rings. The molecular formula is C9H8O3. The highest BCUT2D eigenvalue weighted by Crippen LogP contribution is 2.26. The zero-order valence-electron chi connectivity index (χ0n) is 6.66. The summed E-state index contributed by atoms with van der Waals surface area (Å²) in [5.74, 6) is 0.768. The summed E-state index contributed by atoms with van der Waals surface area (Å²) in [4.78, 5) is 20.5. The van der Waals surface area contributed by atoms with Crippen molar-refractivity contribution in [1.29, 1.82) is 0 Å².